The Morgan fingerprint density at radius 1 is 1.14 bits per heavy atom. The van der Waals surface area contributed by atoms with Crippen molar-refractivity contribution in [3.05, 3.63) is 65.9 Å². The molecule has 1 fully saturated rings. The van der Waals surface area contributed by atoms with Crippen LogP contribution in [0.5, 0.6) is 5.75 Å². The van der Waals surface area contributed by atoms with Gasteiger partial charge in [-0.05, 0) is 53.6 Å². The van der Waals surface area contributed by atoms with E-state index in [0.29, 0.717) is 11.7 Å². The second-order valence-electron chi connectivity index (χ2n) is 6.17. The lowest BCUT2D eigenvalue weighted by Crippen LogP contribution is -2.19. The van der Waals surface area contributed by atoms with Crippen molar-refractivity contribution >= 4 is 10.9 Å². The Bertz CT molecular complexity index is 793. The van der Waals surface area contributed by atoms with Gasteiger partial charge in [0.2, 0.25) is 0 Å². The Balaban J connectivity index is 1.50. The maximum atomic E-state index is 9.65. The zero-order valence-electron chi connectivity index (χ0n) is 12.5. The van der Waals surface area contributed by atoms with Gasteiger partial charge in [-0.2, -0.15) is 0 Å². The van der Waals surface area contributed by atoms with Crippen LogP contribution in [0, 0.1) is 0 Å². The predicted molar refractivity (Wildman–Crippen MR) is 89.0 cm³/mol. The molecular formula is C19H20N2O. The van der Waals surface area contributed by atoms with Crippen LogP contribution >= 0.6 is 0 Å². The smallest absolute Gasteiger partial charge is 0.115 e. The second kappa shape index (κ2) is 5.50. The van der Waals surface area contributed by atoms with Crippen LogP contribution in [0.25, 0.3) is 10.9 Å². The van der Waals surface area contributed by atoms with Gasteiger partial charge in [0.25, 0.3) is 0 Å². The maximum absolute atomic E-state index is 9.65. The number of phenols is 1. The fraction of sp³-hybridized carbons (Fsp3) is 0.263. The molecule has 2 aromatic carbocycles. The second-order valence-corrected chi connectivity index (χ2v) is 6.17. The molecule has 1 aliphatic rings. The Kier molecular flexibility index (Phi) is 3.35. The summed E-state index contributed by atoms with van der Waals surface area (Å²) in [7, 11) is 0. The summed E-state index contributed by atoms with van der Waals surface area (Å²) in [6.07, 6.45) is 3.16. The Labute approximate surface area is 130 Å². The molecule has 0 bridgehead atoms. The lowest BCUT2D eigenvalue weighted by atomic mass is 9.98. The highest BCUT2D eigenvalue weighted by molar-refractivity contribution is 5.82. The first-order valence-electron chi connectivity index (χ1n) is 7.86. The van der Waals surface area contributed by atoms with Crippen LogP contribution in [0.1, 0.15) is 23.5 Å². The summed E-state index contributed by atoms with van der Waals surface area (Å²) in [5, 5.41) is 10.9. The van der Waals surface area contributed by atoms with E-state index >= 15 is 0 Å². The molecule has 4 rings (SSSR count). The number of rotatable bonds is 3. The van der Waals surface area contributed by atoms with E-state index in [0.717, 1.165) is 26.1 Å². The molecular weight excluding hydrogens is 272 g/mol. The average molecular weight is 292 g/mol. The molecule has 22 heavy (non-hydrogen) atoms. The van der Waals surface area contributed by atoms with Gasteiger partial charge in [0.05, 0.1) is 0 Å². The predicted octanol–water partition coefficient (Wildman–Crippen LogP) is 3.86. The summed E-state index contributed by atoms with van der Waals surface area (Å²) < 4.78 is 0. The minimum Gasteiger partial charge on any atom is -0.508 e. The summed E-state index contributed by atoms with van der Waals surface area (Å²) in [4.78, 5) is 5.86. The van der Waals surface area contributed by atoms with Crippen molar-refractivity contribution < 1.29 is 5.11 Å². The third kappa shape index (κ3) is 2.48. The molecule has 2 N–H and O–H groups in total. The number of benzene rings is 2. The molecule has 0 saturated carbocycles. The Morgan fingerprint density at radius 3 is 2.95 bits per heavy atom. The van der Waals surface area contributed by atoms with Crippen molar-refractivity contribution in [2.45, 2.75) is 18.9 Å². The van der Waals surface area contributed by atoms with Gasteiger partial charge in [-0.15, -0.1) is 0 Å². The number of aromatic hydroxyl groups is 1. The molecule has 2 heterocycles. The number of nitrogens with zero attached hydrogens (tertiary/aromatic N) is 1. The lowest BCUT2D eigenvalue weighted by molar-refractivity contribution is 0.328. The highest BCUT2D eigenvalue weighted by Crippen LogP contribution is 2.30. The van der Waals surface area contributed by atoms with Crippen LogP contribution in [-0.2, 0) is 6.54 Å². The number of likely N-dealkylation sites (tertiary alicyclic amines) is 1. The van der Waals surface area contributed by atoms with Gasteiger partial charge in [-0.3, -0.25) is 4.90 Å². The van der Waals surface area contributed by atoms with Crippen molar-refractivity contribution in [2.75, 3.05) is 13.1 Å². The third-order valence-electron chi connectivity index (χ3n) is 4.68. The van der Waals surface area contributed by atoms with Gasteiger partial charge in [0, 0.05) is 24.8 Å². The van der Waals surface area contributed by atoms with Crippen molar-refractivity contribution in [2.24, 2.45) is 0 Å². The summed E-state index contributed by atoms with van der Waals surface area (Å²) >= 11 is 0. The molecule has 1 unspecified atom stereocenters. The lowest BCUT2D eigenvalue weighted by Gasteiger charge is -2.17. The minimum atomic E-state index is 0.368. The summed E-state index contributed by atoms with van der Waals surface area (Å²) in [6.45, 7) is 3.14. The van der Waals surface area contributed by atoms with E-state index in [1.807, 2.05) is 18.3 Å². The SMILES string of the molecule is Oc1cccc(C2CCN(Cc3cccc4cc[nH]c34)C2)c1. The van der Waals surface area contributed by atoms with E-state index < -0.39 is 0 Å². The largest absolute Gasteiger partial charge is 0.508 e. The first-order valence-corrected chi connectivity index (χ1v) is 7.86. The molecule has 0 radical (unpaired) electrons. The number of aromatic nitrogens is 1. The monoisotopic (exact) mass is 292 g/mol. The fourth-order valence-corrected chi connectivity index (χ4v) is 3.55. The van der Waals surface area contributed by atoms with Gasteiger partial charge in [0.15, 0.2) is 0 Å². The van der Waals surface area contributed by atoms with Gasteiger partial charge in [-0.25, -0.2) is 0 Å². The van der Waals surface area contributed by atoms with Crippen LogP contribution in [0.2, 0.25) is 0 Å². The van der Waals surface area contributed by atoms with Gasteiger partial charge in [-0.1, -0.05) is 30.3 Å². The fourth-order valence-electron chi connectivity index (χ4n) is 3.55. The van der Waals surface area contributed by atoms with E-state index in [4.69, 9.17) is 0 Å². The van der Waals surface area contributed by atoms with Crippen molar-refractivity contribution in [1.82, 2.24) is 9.88 Å². The molecule has 112 valence electrons. The van der Waals surface area contributed by atoms with Crippen LogP contribution in [0.4, 0.5) is 0 Å². The molecule has 0 spiro atoms. The number of aromatic amines is 1. The number of para-hydroxylation sites is 1. The zero-order valence-corrected chi connectivity index (χ0v) is 12.5. The van der Waals surface area contributed by atoms with Crippen LogP contribution in [-0.4, -0.2) is 28.1 Å². The molecule has 1 aromatic heterocycles. The van der Waals surface area contributed by atoms with Crippen molar-refractivity contribution in [1.29, 1.82) is 0 Å². The van der Waals surface area contributed by atoms with Crippen LogP contribution in [0.3, 0.4) is 0 Å². The minimum absolute atomic E-state index is 0.368. The number of nitrogens with one attached hydrogen (secondary N) is 1. The standard InChI is InChI=1S/C19H20N2O/c22-18-6-2-4-15(11-18)16-8-10-21(12-16)13-17-5-1-3-14-7-9-20-19(14)17/h1-7,9,11,16,20,22H,8,10,12-13H2. The molecule has 3 heteroatoms. The van der Waals surface area contributed by atoms with E-state index in [1.165, 1.54) is 22.0 Å². The summed E-state index contributed by atoms with van der Waals surface area (Å²) in [6, 6.07) is 16.3. The zero-order chi connectivity index (χ0) is 14.9. The normalized spacial score (nSPS) is 19.0. The van der Waals surface area contributed by atoms with Crippen molar-refractivity contribution in [3.63, 3.8) is 0 Å². The average Bonchev–Trinajstić information content (AvgIpc) is 3.16. The third-order valence-corrected chi connectivity index (χ3v) is 4.68. The summed E-state index contributed by atoms with van der Waals surface area (Å²) in [5.74, 6) is 0.891. The van der Waals surface area contributed by atoms with Crippen molar-refractivity contribution in [3.8, 4) is 5.75 Å². The van der Waals surface area contributed by atoms with E-state index in [-0.39, 0.29) is 0 Å². The van der Waals surface area contributed by atoms with Gasteiger partial charge >= 0.3 is 0 Å². The summed E-state index contributed by atoms with van der Waals surface area (Å²) in [5.41, 5.74) is 3.86. The quantitative estimate of drug-likeness (QED) is 0.769. The number of phenolic OH excluding ortho intramolecular Hbond substituents is 1. The Morgan fingerprint density at radius 2 is 2.05 bits per heavy atom. The molecule has 1 saturated heterocycles. The molecule has 0 amide bonds. The van der Waals surface area contributed by atoms with Crippen LogP contribution < -0.4 is 0 Å². The number of hydrogen-bond donors (Lipinski definition) is 2. The van der Waals surface area contributed by atoms with E-state index in [1.54, 1.807) is 6.07 Å². The molecule has 1 aliphatic heterocycles. The maximum Gasteiger partial charge on any atom is 0.115 e. The highest BCUT2D eigenvalue weighted by Gasteiger charge is 2.24. The number of H-pyrrole nitrogens is 1. The number of hydrogen-bond acceptors (Lipinski definition) is 2. The Hall–Kier alpha value is -2.26. The molecule has 0 aliphatic carbocycles. The van der Waals surface area contributed by atoms with E-state index in [2.05, 4.69) is 40.2 Å². The first-order chi connectivity index (χ1) is 10.8. The highest BCUT2D eigenvalue weighted by atomic mass is 16.3. The molecule has 1 atom stereocenters. The molecule has 3 aromatic rings. The topological polar surface area (TPSA) is 39.3 Å². The van der Waals surface area contributed by atoms with Gasteiger partial charge in [0.1, 0.15) is 5.75 Å². The first kappa shape index (κ1) is 13.4. The number of fused-ring (bicyclic) bond motifs is 1. The molecule has 3 nitrogen and oxygen atoms in total. The van der Waals surface area contributed by atoms with Crippen LogP contribution in [0.15, 0.2) is 54.7 Å². The van der Waals surface area contributed by atoms with Gasteiger partial charge < -0.3 is 10.1 Å². The van der Waals surface area contributed by atoms with E-state index in [9.17, 15) is 5.11 Å².